The first-order valence-electron chi connectivity index (χ1n) is 8.09. The van der Waals surface area contributed by atoms with Crippen molar-refractivity contribution in [3.05, 3.63) is 95.4 Å². The van der Waals surface area contributed by atoms with Crippen molar-refractivity contribution >= 4 is 17.1 Å². The van der Waals surface area contributed by atoms with E-state index in [1.807, 2.05) is 41.8 Å². The third-order valence-corrected chi connectivity index (χ3v) is 4.80. The van der Waals surface area contributed by atoms with Crippen molar-refractivity contribution in [2.24, 2.45) is 0 Å². The molecule has 0 N–H and O–H groups in total. The van der Waals surface area contributed by atoms with E-state index in [1.54, 1.807) is 48.1 Å². The van der Waals surface area contributed by atoms with Gasteiger partial charge in [0.05, 0.1) is 12.0 Å². The number of hydrogen-bond acceptors (Lipinski definition) is 5. The van der Waals surface area contributed by atoms with E-state index >= 15 is 0 Å². The van der Waals surface area contributed by atoms with Crippen LogP contribution in [-0.2, 0) is 6.61 Å². The summed E-state index contributed by atoms with van der Waals surface area (Å²) in [5.41, 5.74) is 3.13. The first kappa shape index (κ1) is 16.3. The highest BCUT2D eigenvalue weighted by molar-refractivity contribution is 7.13. The molecule has 4 aromatic rings. The third-order valence-electron chi connectivity index (χ3n) is 3.86. The fraction of sp³-hybridized carbons (Fsp3) is 0.0476. The van der Waals surface area contributed by atoms with Gasteiger partial charge in [0.25, 0.3) is 0 Å². The van der Waals surface area contributed by atoms with Gasteiger partial charge in [0, 0.05) is 22.1 Å². The van der Waals surface area contributed by atoms with E-state index in [1.165, 1.54) is 0 Å². The quantitative estimate of drug-likeness (QED) is 0.442. The van der Waals surface area contributed by atoms with Gasteiger partial charge >= 0.3 is 0 Å². The molecule has 0 unspecified atom stereocenters. The van der Waals surface area contributed by atoms with Gasteiger partial charge in [-0.25, -0.2) is 4.98 Å². The molecule has 0 aliphatic heterocycles. The van der Waals surface area contributed by atoms with E-state index in [-0.39, 0.29) is 5.78 Å². The SMILES string of the molecule is O=C(c1ccccc1)c1ccc(OCc2csc(-c3ccoc3)n2)cc1. The molecule has 0 saturated heterocycles. The Labute approximate surface area is 154 Å². The summed E-state index contributed by atoms with van der Waals surface area (Å²) in [4.78, 5) is 16.9. The number of aromatic nitrogens is 1. The van der Waals surface area contributed by atoms with Crippen LogP contribution in [0.4, 0.5) is 0 Å². The van der Waals surface area contributed by atoms with Crippen molar-refractivity contribution < 1.29 is 13.9 Å². The van der Waals surface area contributed by atoms with Crippen molar-refractivity contribution in [1.82, 2.24) is 4.98 Å². The van der Waals surface area contributed by atoms with Crippen LogP contribution in [0.5, 0.6) is 5.75 Å². The normalized spacial score (nSPS) is 10.6. The summed E-state index contributed by atoms with van der Waals surface area (Å²) in [7, 11) is 0. The largest absolute Gasteiger partial charge is 0.487 e. The minimum Gasteiger partial charge on any atom is -0.487 e. The highest BCUT2D eigenvalue weighted by atomic mass is 32.1. The summed E-state index contributed by atoms with van der Waals surface area (Å²) in [6.45, 7) is 0.375. The van der Waals surface area contributed by atoms with Gasteiger partial charge in [-0.1, -0.05) is 30.3 Å². The minimum atomic E-state index is 0.00130. The Bertz CT molecular complexity index is 989. The van der Waals surface area contributed by atoms with Gasteiger partial charge in [-0.3, -0.25) is 4.79 Å². The molecule has 0 radical (unpaired) electrons. The lowest BCUT2D eigenvalue weighted by Crippen LogP contribution is -2.01. The van der Waals surface area contributed by atoms with Crippen LogP contribution in [0.1, 0.15) is 21.6 Å². The molecular weight excluding hydrogens is 346 g/mol. The predicted molar refractivity (Wildman–Crippen MR) is 100 cm³/mol. The Morgan fingerprint density at radius 1 is 1.00 bits per heavy atom. The average Bonchev–Trinajstić information content (AvgIpc) is 3.38. The molecule has 26 heavy (non-hydrogen) atoms. The average molecular weight is 361 g/mol. The predicted octanol–water partition coefficient (Wildman–Crippen LogP) is 5.21. The summed E-state index contributed by atoms with van der Waals surface area (Å²) >= 11 is 1.55. The molecular formula is C21H15NO3S. The highest BCUT2D eigenvalue weighted by Crippen LogP contribution is 2.24. The molecule has 0 aliphatic rings. The second-order valence-corrected chi connectivity index (χ2v) is 6.52. The van der Waals surface area contributed by atoms with Gasteiger partial charge in [-0.15, -0.1) is 11.3 Å². The number of benzene rings is 2. The number of furan rings is 1. The molecule has 5 heteroatoms. The number of nitrogens with zero attached hydrogens (tertiary/aromatic N) is 1. The minimum absolute atomic E-state index is 0.00130. The number of carbonyl (C=O) groups is 1. The molecule has 2 heterocycles. The van der Waals surface area contributed by atoms with E-state index in [2.05, 4.69) is 4.98 Å². The van der Waals surface area contributed by atoms with E-state index in [0.29, 0.717) is 23.5 Å². The topological polar surface area (TPSA) is 52.3 Å². The van der Waals surface area contributed by atoms with Gasteiger partial charge < -0.3 is 9.15 Å². The Morgan fingerprint density at radius 3 is 2.50 bits per heavy atom. The number of hydrogen-bond donors (Lipinski definition) is 0. The molecule has 0 atom stereocenters. The molecule has 0 spiro atoms. The standard InChI is InChI=1S/C21H15NO3S/c23-20(15-4-2-1-3-5-15)16-6-8-19(9-7-16)25-13-18-14-26-21(22-18)17-10-11-24-12-17/h1-12,14H,13H2. The lowest BCUT2D eigenvalue weighted by Gasteiger charge is -2.06. The van der Waals surface area contributed by atoms with Crippen molar-refractivity contribution in [3.63, 3.8) is 0 Å². The molecule has 0 bridgehead atoms. The van der Waals surface area contributed by atoms with Crippen molar-refractivity contribution in [2.75, 3.05) is 0 Å². The molecule has 0 saturated carbocycles. The van der Waals surface area contributed by atoms with Crippen LogP contribution in [0.2, 0.25) is 0 Å². The van der Waals surface area contributed by atoms with Gasteiger partial charge in [0.15, 0.2) is 5.78 Å². The maximum atomic E-state index is 12.4. The Hall–Kier alpha value is -3.18. The molecule has 4 nitrogen and oxygen atoms in total. The van der Waals surface area contributed by atoms with Crippen molar-refractivity contribution in [1.29, 1.82) is 0 Å². The molecule has 2 aromatic carbocycles. The van der Waals surface area contributed by atoms with Crippen LogP contribution in [-0.4, -0.2) is 10.8 Å². The maximum Gasteiger partial charge on any atom is 0.193 e. The smallest absolute Gasteiger partial charge is 0.193 e. The monoisotopic (exact) mass is 361 g/mol. The van der Waals surface area contributed by atoms with E-state index in [9.17, 15) is 4.79 Å². The number of thiazole rings is 1. The highest BCUT2D eigenvalue weighted by Gasteiger charge is 2.09. The Balaban J connectivity index is 1.40. The van der Waals surface area contributed by atoms with Crippen LogP contribution in [0.15, 0.2) is 83.0 Å². The summed E-state index contributed by atoms with van der Waals surface area (Å²) in [5.74, 6) is 0.703. The molecule has 128 valence electrons. The van der Waals surface area contributed by atoms with Gasteiger partial charge in [-0.05, 0) is 30.3 Å². The van der Waals surface area contributed by atoms with Crippen LogP contribution in [0.25, 0.3) is 10.6 Å². The van der Waals surface area contributed by atoms with Gasteiger partial charge in [0.2, 0.25) is 0 Å². The van der Waals surface area contributed by atoms with Crippen LogP contribution in [0, 0.1) is 0 Å². The van der Waals surface area contributed by atoms with Gasteiger partial charge in [0.1, 0.15) is 23.6 Å². The Morgan fingerprint density at radius 2 is 1.77 bits per heavy atom. The molecule has 2 aromatic heterocycles. The Kier molecular flexibility index (Phi) is 4.62. The summed E-state index contributed by atoms with van der Waals surface area (Å²) in [6.07, 6.45) is 3.30. The zero-order valence-electron chi connectivity index (χ0n) is 13.8. The second kappa shape index (κ2) is 7.37. The fourth-order valence-corrected chi connectivity index (χ4v) is 3.30. The maximum absolute atomic E-state index is 12.4. The molecule has 0 amide bonds. The number of ketones is 1. The lowest BCUT2D eigenvalue weighted by atomic mass is 10.0. The van der Waals surface area contributed by atoms with E-state index in [0.717, 1.165) is 16.3 Å². The second-order valence-electron chi connectivity index (χ2n) is 5.66. The first-order valence-corrected chi connectivity index (χ1v) is 8.97. The molecule has 4 rings (SSSR count). The van der Waals surface area contributed by atoms with E-state index in [4.69, 9.17) is 9.15 Å². The molecule has 0 fully saturated rings. The van der Waals surface area contributed by atoms with Gasteiger partial charge in [-0.2, -0.15) is 0 Å². The van der Waals surface area contributed by atoms with Crippen molar-refractivity contribution in [3.8, 4) is 16.3 Å². The van der Waals surface area contributed by atoms with Crippen LogP contribution >= 0.6 is 11.3 Å². The van der Waals surface area contributed by atoms with Crippen molar-refractivity contribution in [2.45, 2.75) is 6.61 Å². The fourth-order valence-electron chi connectivity index (χ4n) is 2.51. The zero-order chi connectivity index (χ0) is 17.8. The summed E-state index contributed by atoms with van der Waals surface area (Å²) in [6, 6.07) is 18.3. The zero-order valence-corrected chi connectivity index (χ0v) is 14.6. The number of ether oxygens (including phenoxy) is 1. The first-order chi connectivity index (χ1) is 12.8. The summed E-state index contributed by atoms with van der Waals surface area (Å²) in [5, 5.41) is 2.87. The number of carbonyl (C=O) groups excluding carboxylic acids is 1. The third kappa shape index (κ3) is 3.58. The van der Waals surface area contributed by atoms with Crippen LogP contribution < -0.4 is 4.74 Å². The van der Waals surface area contributed by atoms with E-state index < -0.39 is 0 Å². The molecule has 0 aliphatic carbocycles. The lowest BCUT2D eigenvalue weighted by molar-refractivity contribution is 0.103. The summed E-state index contributed by atoms with van der Waals surface area (Å²) < 4.78 is 10.9. The number of rotatable bonds is 6. The van der Waals surface area contributed by atoms with Crippen LogP contribution in [0.3, 0.4) is 0 Å².